The molecule has 0 aliphatic rings. The predicted molar refractivity (Wildman–Crippen MR) is 84.7 cm³/mol. The number of aryl methyl sites for hydroxylation is 1. The standard InChI is InChI=1S/C17H20N2O4/c1-6-11-9-14-12(15(21)17(3,4)16(22)23-5)7-8-13(10(2)20)19(14)18-11/h7-9H,6H2,1-5H3. The Balaban J connectivity index is 2.69. The average Bonchev–Trinajstić information content (AvgIpc) is 2.95. The molecule has 2 aromatic rings. The second kappa shape index (κ2) is 5.95. The van der Waals surface area contributed by atoms with Crippen molar-refractivity contribution in [1.82, 2.24) is 9.61 Å². The van der Waals surface area contributed by atoms with Crippen molar-refractivity contribution in [3.63, 3.8) is 0 Å². The number of ketones is 2. The van der Waals surface area contributed by atoms with Crippen molar-refractivity contribution in [3.05, 3.63) is 35.2 Å². The zero-order valence-corrected chi connectivity index (χ0v) is 14.0. The largest absolute Gasteiger partial charge is 0.468 e. The summed E-state index contributed by atoms with van der Waals surface area (Å²) in [5.74, 6) is -1.12. The number of carbonyl (C=O) groups excluding carboxylic acids is 3. The number of Topliss-reactive ketones (excluding diaryl/α,β-unsaturated/α-hetero) is 2. The van der Waals surface area contributed by atoms with E-state index in [9.17, 15) is 14.4 Å². The number of pyridine rings is 1. The van der Waals surface area contributed by atoms with Gasteiger partial charge in [0.25, 0.3) is 0 Å². The Hall–Kier alpha value is -2.50. The first kappa shape index (κ1) is 16.9. The van der Waals surface area contributed by atoms with Gasteiger partial charge in [-0.25, -0.2) is 4.52 Å². The highest BCUT2D eigenvalue weighted by Gasteiger charge is 2.39. The van der Waals surface area contributed by atoms with E-state index in [4.69, 9.17) is 4.74 Å². The molecule has 0 amide bonds. The molecule has 0 spiro atoms. The van der Waals surface area contributed by atoms with E-state index in [1.807, 2.05) is 6.92 Å². The third kappa shape index (κ3) is 2.76. The third-order valence-electron chi connectivity index (χ3n) is 3.90. The first-order valence-corrected chi connectivity index (χ1v) is 7.39. The van der Waals surface area contributed by atoms with Crippen LogP contribution in [0, 0.1) is 5.41 Å². The van der Waals surface area contributed by atoms with Gasteiger partial charge < -0.3 is 4.74 Å². The number of rotatable bonds is 5. The second-order valence-corrected chi connectivity index (χ2v) is 5.92. The first-order chi connectivity index (χ1) is 10.7. The molecule has 0 aliphatic carbocycles. The van der Waals surface area contributed by atoms with E-state index >= 15 is 0 Å². The lowest BCUT2D eigenvalue weighted by molar-refractivity contribution is -0.147. The molecule has 2 heterocycles. The zero-order chi connectivity index (χ0) is 17.4. The van der Waals surface area contributed by atoms with Gasteiger partial charge in [0.2, 0.25) is 0 Å². The van der Waals surface area contributed by atoms with Crippen LogP contribution < -0.4 is 0 Å². The van der Waals surface area contributed by atoms with Gasteiger partial charge in [0.15, 0.2) is 11.6 Å². The molecule has 2 rings (SSSR count). The van der Waals surface area contributed by atoms with E-state index in [-0.39, 0.29) is 11.6 Å². The summed E-state index contributed by atoms with van der Waals surface area (Å²) in [5, 5.41) is 4.37. The van der Waals surface area contributed by atoms with Crippen molar-refractivity contribution >= 4 is 23.1 Å². The van der Waals surface area contributed by atoms with Gasteiger partial charge in [-0.3, -0.25) is 14.4 Å². The molecule has 2 aromatic heterocycles. The van der Waals surface area contributed by atoms with E-state index in [1.54, 1.807) is 18.2 Å². The van der Waals surface area contributed by atoms with Crippen molar-refractivity contribution < 1.29 is 19.1 Å². The van der Waals surface area contributed by atoms with Gasteiger partial charge in [-0.1, -0.05) is 6.92 Å². The summed E-state index contributed by atoms with van der Waals surface area (Å²) >= 11 is 0. The van der Waals surface area contributed by atoms with Crippen LogP contribution in [0.25, 0.3) is 5.52 Å². The number of hydrogen-bond donors (Lipinski definition) is 0. The SMILES string of the molecule is CCc1cc2c(C(=O)C(C)(C)C(=O)OC)ccc(C(C)=O)n2n1. The van der Waals surface area contributed by atoms with Crippen LogP contribution in [0.5, 0.6) is 0 Å². The Kier molecular flexibility index (Phi) is 4.36. The van der Waals surface area contributed by atoms with Crippen molar-refractivity contribution in [2.45, 2.75) is 34.1 Å². The molecule has 0 fully saturated rings. The number of esters is 1. The molecule has 6 nitrogen and oxygen atoms in total. The topological polar surface area (TPSA) is 77.7 Å². The number of hydrogen-bond acceptors (Lipinski definition) is 5. The van der Waals surface area contributed by atoms with Crippen LogP contribution in [0.3, 0.4) is 0 Å². The molecule has 0 atom stereocenters. The fourth-order valence-electron chi connectivity index (χ4n) is 2.44. The molecule has 0 N–H and O–H groups in total. The van der Waals surface area contributed by atoms with Gasteiger partial charge in [-0.05, 0) is 38.5 Å². The molecule has 0 aliphatic heterocycles. The van der Waals surface area contributed by atoms with Gasteiger partial charge >= 0.3 is 5.97 Å². The van der Waals surface area contributed by atoms with Crippen LogP contribution in [0.2, 0.25) is 0 Å². The molecule has 23 heavy (non-hydrogen) atoms. The van der Waals surface area contributed by atoms with Crippen LogP contribution in [0.4, 0.5) is 0 Å². The van der Waals surface area contributed by atoms with Crippen molar-refractivity contribution in [2.24, 2.45) is 5.41 Å². The maximum atomic E-state index is 12.8. The molecular weight excluding hydrogens is 296 g/mol. The Morgan fingerprint density at radius 1 is 1.26 bits per heavy atom. The van der Waals surface area contributed by atoms with Gasteiger partial charge in [-0.2, -0.15) is 5.10 Å². The lowest BCUT2D eigenvalue weighted by Gasteiger charge is -2.20. The van der Waals surface area contributed by atoms with Crippen LogP contribution in [-0.4, -0.2) is 34.3 Å². The average molecular weight is 316 g/mol. The van der Waals surface area contributed by atoms with Gasteiger partial charge in [0.05, 0.1) is 18.3 Å². The minimum absolute atomic E-state index is 0.146. The fourth-order valence-corrected chi connectivity index (χ4v) is 2.44. The monoisotopic (exact) mass is 316 g/mol. The van der Waals surface area contributed by atoms with E-state index in [0.717, 1.165) is 5.69 Å². The molecule has 0 aromatic carbocycles. The van der Waals surface area contributed by atoms with Crippen molar-refractivity contribution in [3.8, 4) is 0 Å². The molecule has 6 heteroatoms. The molecule has 0 saturated heterocycles. The number of methoxy groups -OCH3 is 1. The lowest BCUT2D eigenvalue weighted by atomic mass is 9.84. The fraction of sp³-hybridized carbons (Fsp3) is 0.412. The van der Waals surface area contributed by atoms with Crippen molar-refractivity contribution in [2.75, 3.05) is 7.11 Å². The van der Waals surface area contributed by atoms with Crippen LogP contribution in [-0.2, 0) is 16.0 Å². The van der Waals surface area contributed by atoms with Crippen LogP contribution >= 0.6 is 0 Å². The Morgan fingerprint density at radius 3 is 2.43 bits per heavy atom. The number of nitrogens with zero attached hydrogens (tertiary/aromatic N) is 2. The minimum atomic E-state index is -1.32. The highest BCUT2D eigenvalue weighted by molar-refractivity contribution is 6.15. The van der Waals surface area contributed by atoms with Gasteiger partial charge in [0, 0.05) is 12.5 Å². The lowest BCUT2D eigenvalue weighted by Crippen LogP contribution is -2.34. The second-order valence-electron chi connectivity index (χ2n) is 5.92. The molecule has 0 unspecified atom stereocenters. The van der Waals surface area contributed by atoms with E-state index in [0.29, 0.717) is 23.2 Å². The minimum Gasteiger partial charge on any atom is -0.468 e. The summed E-state index contributed by atoms with van der Waals surface area (Å²) in [6, 6.07) is 4.90. The van der Waals surface area contributed by atoms with E-state index < -0.39 is 11.4 Å². The maximum absolute atomic E-state index is 12.8. The zero-order valence-electron chi connectivity index (χ0n) is 14.0. The highest BCUT2D eigenvalue weighted by Crippen LogP contribution is 2.27. The molecule has 122 valence electrons. The van der Waals surface area contributed by atoms with Gasteiger partial charge in [0.1, 0.15) is 11.1 Å². The number of ether oxygens (including phenoxy) is 1. The predicted octanol–water partition coefficient (Wildman–Crippen LogP) is 2.48. The Morgan fingerprint density at radius 2 is 1.91 bits per heavy atom. The summed E-state index contributed by atoms with van der Waals surface area (Å²) in [4.78, 5) is 36.5. The Bertz CT molecular complexity index is 802. The van der Waals surface area contributed by atoms with E-state index in [1.165, 1.54) is 32.4 Å². The number of carbonyl (C=O) groups is 3. The van der Waals surface area contributed by atoms with Crippen LogP contribution in [0.15, 0.2) is 18.2 Å². The third-order valence-corrected chi connectivity index (χ3v) is 3.90. The summed E-state index contributed by atoms with van der Waals surface area (Å²) in [7, 11) is 1.25. The number of fused-ring (bicyclic) bond motifs is 1. The molecule has 0 saturated carbocycles. The van der Waals surface area contributed by atoms with E-state index in [2.05, 4.69) is 5.10 Å². The summed E-state index contributed by atoms with van der Waals surface area (Å²) in [6.07, 6.45) is 0.674. The molecular formula is C17H20N2O4. The van der Waals surface area contributed by atoms with Crippen molar-refractivity contribution in [1.29, 1.82) is 0 Å². The smallest absolute Gasteiger partial charge is 0.319 e. The highest BCUT2D eigenvalue weighted by atomic mass is 16.5. The quantitative estimate of drug-likeness (QED) is 0.481. The summed E-state index contributed by atoms with van der Waals surface area (Å²) < 4.78 is 6.20. The normalized spacial score (nSPS) is 11.5. The maximum Gasteiger partial charge on any atom is 0.319 e. The van der Waals surface area contributed by atoms with Crippen LogP contribution in [0.1, 0.15) is 54.2 Å². The number of aromatic nitrogens is 2. The summed E-state index contributed by atoms with van der Waals surface area (Å²) in [5.41, 5.74) is 0.716. The molecule has 0 radical (unpaired) electrons. The Labute approximate surface area is 134 Å². The summed E-state index contributed by atoms with van der Waals surface area (Å²) in [6.45, 7) is 6.43. The van der Waals surface area contributed by atoms with Gasteiger partial charge in [-0.15, -0.1) is 0 Å². The molecule has 0 bridgehead atoms. The first-order valence-electron chi connectivity index (χ1n) is 7.39.